The first-order valence-electron chi connectivity index (χ1n) is 6.94. The maximum absolute atomic E-state index is 11.9. The molecule has 7 heteroatoms. The first-order chi connectivity index (χ1) is 9.65. The molecule has 1 aromatic rings. The number of nitrogens with zero attached hydrogens (tertiary/aromatic N) is 2. The number of hydrogen-bond acceptors (Lipinski definition) is 4. The van der Waals surface area contributed by atoms with Crippen molar-refractivity contribution in [3.05, 3.63) is 18.3 Å². The highest BCUT2D eigenvalue weighted by Gasteiger charge is 2.18. The van der Waals surface area contributed by atoms with Crippen LogP contribution in [0.15, 0.2) is 18.3 Å². The van der Waals surface area contributed by atoms with Gasteiger partial charge in [-0.05, 0) is 25.0 Å². The van der Waals surface area contributed by atoms with Crippen LogP contribution in [0.3, 0.4) is 0 Å². The monoisotopic (exact) mass is 312 g/mol. The quantitative estimate of drug-likeness (QED) is 0.891. The van der Waals surface area contributed by atoms with Crippen molar-refractivity contribution in [2.75, 3.05) is 24.1 Å². The molecule has 1 fully saturated rings. The van der Waals surface area contributed by atoms with E-state index < -0.39 is 0 Å². The van der Waals surface area contributed by atoms with Crippen molar-refractivity contribution in [3.8, 4) is 0 Å². The number of anilines is 2. The topological polar surface area (TPSA) is 88.3 Å². The van der Waals surface area contributed by atoms with Gasteiger partial charge in [0.15, 0.2) is 0 Å². The maximum atomic E-state index is 11.9. The number of pyridine rings is 1. The van der Waals surface area contributed by atoms with E-state index in [0.717, 1.165) is 25.7 Å². The summed E-state index contributed by atoms with van der Waals surface area (Å²) in [4.78, 5) is 29.4. The largest absolute Gasteiger partial charge is 0.384 e. The standard InChI is InChI=1S/C14H20N4O2.ClH/c15-12-7-6-11(9-16-12)17-13(19)10-18-8-4-2-1-3-5-14(18)20;/h6-7,9H,1-5,8,10H2,(H2,15,16)(H,17,19);1H. The van der Waals surface area contributed by atoms with Crippen molar-refractivity contribution in [2.45, 2.75) is 32.1 Å². The van der Waals surface area contributed by atoms with Crippen LogP contribution in [0.4, 0.5) is 11.5 Å². The highest BCUT2D eigenvalue weighted by Crippen LogP contribution is 2.12. The lowest BCUT2D eigenvalue weighted by Gasteiger charge is -2.24. The van der Waals surface area contributed by atoms with E-state index in [1.165, 1.54) is 6.20 Å². The number of nitrogen functional groups attached to an aromatic ring is 1. The number of aromatic nitrogens is 1. The number of amides is 2. The van der Waals surface area contributed by atoms with Gasteiger partial charge in [-0.2, -0.15) is 0 Å². The van der Waals surface area contributed by atoms with Gasteiger partial charge >= 0.3 is 0 Å². The van der Waals surface area contributed by atoms with Gasteiger partial charge in [0.2, 0.25) is 11.8 Å². The average molecular weight is 313 g/mol. The van der Waals surface area contributed by atoms with Gasteiger partial charge in [-0.3, -0.25) is 9.59 Å². The highest BCUT2D eigenvalue weighted by molar-refractivity contribution is 5.94. The Kier molecular flexibility index (Phi) is 6.94. The zero-order valence-corrected chi connectivity index (χ0v) is 12.7. The Morgan fingerprint density at radius 1 is 1.29 bits per heavy atom. The number of likely N-dealkylation sites (tertiary alicyclic amines) is 1. The van der Waals surface area contributed by atoms with E-state index >= 15 is 0 Å². The minimum atomic E-state index is -0.203. The van der Waals surface area contributed by atoms with Crippen molar-refractivity contribution >= 4 is 35.7 Å². The Balaban J connectivity index is 0.00000220. The first-order valence-corrected chi connectivity index (χ1v) is 6.94. The molecule has 1 aliphatic heterocycles. The second-order valence-corrected chi connectivity index (χ2v) is 5.00. The fourth-order valence-corrected chi connectivity index (χ4v) is 2.24. The third-order valence-corrected chi connectivity index (χ3v) is 3.33. The van der Waals surface area contributed by atoms with Crippen LogP contribution in [-0.2, 0) is 9.59 Å². The van der Waals surface area contributed by atoms with Gasteiger partial charge in [-0.1, -0.05) is 12.8 Å². The van der Waals surface area contributed by atoms with E-state index in [9.17, 15) is 9.59 Å². The Labute approximate surface area is 130 Å². The molecule has 0 aromatic carbocycles. The average Bonchev–Trinajstić information content (AvgIpc) is 2.41. The number of carbonyl (C=O) groups excluding carboxylic acids is 2. The minimum Gasteiger partial charge on any atom is -0.384 e. The summed E-state index contributed by atoms with van der Waals surface area (Å²) in [5.74, 6) is 0.266. The van der Waals surface area contributed by atoms with Crippen molar-refractivity contribution < 1.29 is 9.59 Å². The van der Waals surface area contributed by atoms with E-state index in [1.807, 2.05) is 0 Å². The molecule has 1 saturated heterocycles. The fraction of sp³-hybridized carbons (Fsp3) is 0.500. The Morgan fingerprint density at radius 2 is 2.05 bits per heavy atom. The first kappa shape index (κ1) is 17.2. The predicted molar refractivity (Wildman–Crippen MR) is 84.2 cm³/mol. The molecule has 21 heavy (non-hydrogen) atoms. The van der Waals surface area contributed by atoms with Crippen LogP contribution in [0.25, 0.3) is 0 Å². The summed E-state index contributed by atoms with van der Waals surface area (Å²) >= 11 is 0. The molecule has 0 spiro atoms. The van der Waals surface area contributed by atoms with Gasteiger partial charge in [-0.25, -0.2) is 4.98 Å². The summed E-state index contributed by atoms with van der Waals surface area (Å²) in [7, 11) is 0. The molecule has 0 unspecified atom stereocenters. The van der Waals surface area contributed by atoms with E-state index in [1.54, 1.807) is 17.0 Å². The number of hydrogen-bond donors (Lipinski definition) is 2. The summed E-state index contributed by atoms with van der Waals surface area (Å²) in [5.41, 5.74) is 6.07. The Hall–Kier alpha value is -1.82. The third kappa shape index (κ3) is 5.59. The Bertz CT molecular complexity index is 478. The summed E-state index contributed by atoms with van der Waals surface area (Å²) in [5, 5.41) is 2.72. The van der Waals surface area contributed by atoms with E-state index in [0.29, 0.717) is 24.5 Å². The SMILES string of the molecule is Cl.Nc1ccc(NC(=O)CN2CCCCCCC2=O)cn1. The normalized spacial score (nSPS) is 15.6. The third-order valence-electron chi connectivity index (χ3n) is 3.33. The number of nitrogens with two attached hydrogens (primary N) is 1. The van der Waals surface area contributed by atoms with E-state index in [-0.39, 0.29) is 30.8 Å². The molecule has 2 amide bonds. The zero-order valence-electron chi connectivity index (χ0n) is 11.9. The minimum absolute atomic E-state index is 0. The van der Waals surface area contributed by atoms with Crippen LogP contribution in [0.5, 0.6) is 0 Å². The highest BCUT2D eigenvalue weighted by atomic mass is 35.5. The molecule has 0 bridgehead atoms. The maximum Gasteiger partial charge on any atom is 0.244 e. The van der Waals surface area contributed by atoms with Crippen molar-refractivity contribution in [1.29, 1.82) is 0 Å². The van der Waals surface area contributed by atoms with Crippen LogP contribution >= 0.6 is 12.4 Å². The Morgan fingerprint density at radius 3 is 2.76 bits per heavy atom. The van der Waals surface area contributed by atoms with E-state index in [4.69, 9.17) is 5.73 Å². The van der Waals surface area contributed by atoms with Crippen molar-refractivity contribution in [1.82, 2.24) is 9.88 Å². The summed E-state index contributed by atoms with van der Waals surface area (Å²) < 4.78 is 0. The van der Waals surface area contributed by atoms with Crippen LogP contribution in [0.2, 0.25) is 0 Å². The number of carbonyl (C=O) groups is 2. The summed E-state index contributed by atoms with van der Waals surface area (Å²) in [6.45, 7) is 0.759. The lowest BCUT2D eigenvalue weighted by Crippen LogP contribution is -2.39. The van der Waals surface area contributed by atoms with Crippen LogP contribution in [-0.4, -0.2) is 34.8 Å². The molecule has 2 heterocycles. The predicted octanol–water partition coefficient (Wildman–Crippen LogP) is 1.82. The van der Waals surface area contributed by atoms with Crippen LogP contribution < -0.4 is 11.1 Å². The number of halogens is 1. The second-order valence-electron chi connectivity index (χ2n) is 5.00. The molecule has 0 aliphatic carbocycles. The summed E-state index contributed by atoms with van der Waals surface area (Å²) in [6.07, 6.45) is 6.14. The number of nitrogens with one attached hydrogen (secondary N) is 1. The molecular formula is C14H21ClN4O2. The lowest BCUT2D eigenvalue weighted by atomic mass is 10.1. The molecule has 1 aliphatic rings. The molecule has 0 radical (unpaired) electrons. The lowest BCUT2D eigenvalue weighted by molar-refractivity contribution is -0.135. The van der Waals surface area contributed by atoms with Crippen LogP contribution in [0, 0.1) is 0 Å². The van der Waals surface area contributed by atoms with E-state index in [2.05, 4.69) is 10.3 Å². The molecule has 3 N–H and O–H groups in total. The molecule has 1 aromatic heterocycles. The van der Waals surface area contributed by atoms with Gasteiger partial charge in [0, 0.05) is 13.0 Å². The van der Waals surface area contributed by atoms with Crippen molar-refractivity contribution in [3.63, 3.8) is 0 Å². The fourth-order valence-electron chi connectivity index (χ4n) is 2.24. The summed E-state index contributed by atoms with van der Waals surface area (Å²) in [6, 6.07) is 3.31. The molecule has 116 valence electrons. The second kappa shape index (κ2) is 8.46. The molecular weight excluding hydrogens is 292 g/mol. The van der Waals surface area contributed by atoms with Crippen LogP contribution in [0.1, 0.15) is 32.1 Å². The van der Waals surface area contributed by atoms with Gasteiger partial charge in [0.05, 0.1) is 18.4 Å². The zero-order chi connectivity index (χ0) is 14.4. The molecule has 6 nitrogen and oxygen atoms in total. The smallest absolute Gasteiger partial charge is 0.244 e. The molecule has 0 atom stereocenters. The van der Waals surface area contributed by atoms with Gasteiger partial charge < -0.3 is 16.0 Å². The van der Waals surface area contributed by atoms with Gasteiger partial charge in [-0.15, -0.1) is 12.4 Å². The van der Waals surface area contributed by atoms with Gasteiger partial charge in [0.25, 0.3) is 0 Å². The molecule has 0 saturated carbocycles. The number of rotatable bonds is 3. The van der Waals surface area contributed by atoms with Gasteiger partial charge in [0.1, 0.15) is 5.82 Å². The molecule has 2 rings (SSSR count). The van der Waals surface area contributed by atoms with Crippen molar-refractivity contribution in [2.24, 2.45) is 0 Å².